The van der Waals surface area contributed by atoms with E-state index in [-0.39, 0.29) is 23.1 Å². The van der Waals surface area contributed by atoms with Gasteiger partial charge in [-0.25, -0.2) is 4.72 Å². The maximum absolute atomic E-state index is 14.3. The molecule has 1 saturated heterocycles. The van der Waals surface area contributed by atoms with Crippen LogP contribution in [-0.2, 0) is 26.3 Å². The van der Waals surface area contributed by atoms with Crippen molar-refractivity contribution in [3.05, 3.63) is 53.1 Å². The Morgan fingerprint density at radius 1 is 1.05 bits per heavy atom. The van der Waals surface area contributed by atoms with Crippen LogP contribution in [0.5, 0.6) is 5.75 Å². The van der Waals surface area contributed by atoms with E-state index in [1.807, 2.05) is 23.1 Å². The lowest BCUT2D eigenvalue weighted by atomic mass is 9.81. The van der Waals surface area contributed by atoms with Gasteiger partial charge in [0, 0.05) is 61.7 Å². The van der Waals surface area contributed by atoms with Crippen LogP contribution in [0.3, 0.4) is 0 Å². The fourth-order valence-corrected chi connectivity index (χ4v) is 8.19. The molecule has 0 spiro atoms. The molecule has 2 aromatic carbocycles. The average Bonchev–Trinajstić information content (AvgIpc) is 3.67. The summed E-state index contributed by atoms with van der Waals surface area (Å²) in [5.41, 5.74) is 4.69. The van der Waals surface area contributed by atoms with E-state index in [4.69, 9.17) is 4.74 Å². The maximum Gasteiger partial charge on any atom is 0.303 e. The lowest BCUT2D eigenvalue weighted by Gasteiger charge is -2.31. The summed E-state index contributed by atoms with van der Waals surface area (Å²) in [6.07, 6.45) is 6.29. The number of amides is 2. The Morgan fingerprint density at radius 3 is 2.51 bits per heavy atom. The summed E-state index contributed by atoms with van der Waals surface area (Å²) in [5.74, 6) is -0.120. The van der Waals surface area contributed by atoms with Gasteiger partial charge in [-0.15, -0.1) is 0 Å². The maximum atomic E-state index is 14.3. The first-order valence-corrected chi connectivity index (χ1v) is 16.7. The zero-order chi connectivity index (χ0) is 30.1. The predicted molar refractivity (Wildman–Crippen MR) is 162 cm³/mol. The van der Waals surface area contributed by atoms with Crippen molar-refractivity contribution in [3.63, 3.8) is 0 Å². The third-order valence-electron chi connectivity index (χ3n) is 9.99. The Morgan fingerprint density at radius 2 is 1.79 bits per heavy atom. The normalized spacial score (nSPS) is 23.8. The molecule has 2 amide bonds. The van der Waals surface area contributed by atoms with Crippen LogP contribution >= 0.6 is 0 Å². The molecule has 1 aromatic heterocycles. The van der Waals surface area contributed by atoms with Gasteiger partial charge in [0.05, 0.1) is 24.3 Å². The second-order valence-corrected chi connectivity index (χ2v) is 14.6. The first kappa shape index (κ1) is 28.4. The summed E-state index contributed by atoms with van der Waals surface area (Å²) in [6, 6.07) is 10.9. The van der Waals surface area contributed by atoms with Crippen molar-refractivity contribution in [1.29, 1.82) is 0 Å². The van der Waals surface area contributed by atoms with Crippen molar-refractivity contribution in [2.75, 3.05) is 40.4 Å². The predicted octanol–water partition coefficient (Wildman–Crippen LogP) is 3.94. The zero-order valence-electron chi connectivity index (χ0n) is 24.6. The Hall–Kier alpha value is -3.41. The van der Waals surface area contributed by atoms with Crippen molar-refractivity contribution in [3.8, 4) is 17.0 Å². The van der Waals surface area contributed by atoms with Gasteiger partial charge in [-0.3, -0.25) is 9.59 Å². The third kappa shape index (κ3) is 4.63. The number of phenolic OH excluding ortho intramolecular Hbond substituents is 1. The first-order valence-electron chi connectivity index (χ1n) is 15.2. The molecule has 3 heterocycles. The van der Waals surface area contributed by atoms with Gasteiger partial charge in [0.15, 0.2) is 0 Å². The van der Waals surface area contributed by atoms with E-state index in [1.165, 1.54) is 26.1 Å². The van der Waals surface area contributed by atoms with Crippen molar-refractivity contribution in [2.45, 2.75) is 56.9 Å². The van der Waals surface area contributed by atoms with Crippen molar-refractivity contribution < 1.29 is 27.9 Å². The Balaban J connectivity index is 1.44. The Bertz CT molecular complexity index is 1740. The Kier molecular flexibility index (Phi) is 6.83. The smallest absolute Gasteiger partial charge is 0.303 e. The molecule has 2 saturated carbocycles. The summed E-state index contributed by atoms with van der Waals surface area (Å²) in [6.45, 7) is 2.58. The molecule has 2 aliphatic heterocycles. The fraction of sp³-hybridized carbons (Fsp3) is 0.500. The number of carbonyl (C=O) groups is 2. The number of hydrogen-bond acceptors (Lipinski definition) is 6. The van der Waals surface area contributed by atoms with Gasteiger partial charge in [0.25, 0.3) is 5.91 Å². The van der Waals surface area contributed by atoms with Crippen molar-refractivity contribution in [1.82, 2.24) is 18.5 Å². The monoisotopic (exact) mass is 606 g/mol. The second-order valence-electron chi connectivity index (χ2n) is 12.7. The lowest BCUT2D eigenvalue weighted by molar-refractivity contribution is -0.141. The molecule has 2 atom stereocenters. The number of rotatable bonds is 5. The highest BCUT2D eigenvalue weighted by Crippen LogP contribution is 2.66. The van der Waals surface area contributed by atoms with Gasteiger partial charge in [-0.2, -0.15) is 12.7 Å². The molecule has 3 aromatic rings. The molecule has 0 bridgehead atoms. The standard InChI is InChI=1S/C32H38N4O6S/c1-34(2)43(40,41)33-30(38)21-8-10-24-27(16-21)36-19-32(31(39)35-12-14-42-15-13-35)18-26(32)25-17-22(37)9-11-23(25)29(36)28(24)20-6-4-3-5-7-20/h8-11,16-17,20,26,37H,3-7,12-15,18-19H2,1-2H3,(H,33,38). The van der Waals surface area contributed by atoms with Crippen LogP contribution in [0.25, 0.3) is 22.2 Å². The molecule has 11 heteroatoms. The molecule has 7 rings (SSSR count). The summed E-state index contributed by atoms with van der Waals surface area (Å²) in [7, 11) is -1.23. The van der Waals surface area contributed by atoms with Crippen molar-refractivity contribution >= 4 is 32.9 Å². The molecule has 2 unspecified atom stereocenters. The zero-order valence-corrected chi connectivity index (χ0v) is 25.5. The van der Waals surface area contributed by atoms with E-state index in [2.05, 4.69) is 9.29 Å². The number of fused-ring (bicyclic) bond motifs is 7. The van der Waals surface area contributed by atoms with Gasteiger partial charge >= 0.3 is 10.2 Å². The van der Waals surface area contributed by atoms with Crippen LogP contribution in [0, 0.1) is 5.41 Å². The van der Waals surface area contributed by atoms with E-state index in [0.29, 0.717) is 45.2 Å². The fourth-order valence-electron chi connectivity index (χ4n) is 7.65. The number of ether oxygens (including phenoxy) is 1. The Labute approximate surface area is 251 Å². The topological polar surface area (TPSA) is 121 Å². The van der Waals surface area contributed by atoms with Crippen LogP contribution in [0.4, 0.5) is 0 Å². The molecule has 43 heavy (non-hydrogen) atoms. The minimum absolute atomic E-state index is 0.0317. The van der Waals surface area contributed by atoms with E-state index >= 15 is 0 Å². The number of phenols is 1. The van der Waals surface area contributed by atoms with Crippen LogP contribution in [-0.4, -0.2) is 79.5 Å². The summed E-state index contributed by atoms with van der Waals surface area (Å²) < 4.78 is 35.8. The first-order chi connectivity index (χ1) is 20.6. The highest BCUT2D eigenvalue weighted by molar-refractivity contribution is 7.87. The van der Waals surface area contributed by atoms with Crippen LogP contribution in [0.2, 0.25) is 0 Å². The van der Waals surface area contributed by atoms with Gasteiger partial charge in [-0.1, -0.05) is 25.3 Å². The molecular formula is C32H38N4O6S. The molecule has 2 aliphatic carbocycles. The quantitative estimate of drug-likeness (QED) is 0.454. The molecule has 2 N–H and O–H groups in total. The number of nitrogens with zero attached hydrogens (tertiary/aromatic N) is 3. The number of nitrogens with one attached hydrogen (secondary N) is 1. The molecule has 0 radical (unpaired) electrons. The van der Waals surface area contributed by atoms with E-state index in [9.17, 15) is 23.1 Å². The number of aromatic hydroxyl groups is 1. The van der Waals surface area contributed by atoms with Gasteiger partial charge in [-0.05, 0) is 66.6 Å². The highest BCUT2D eigenvalue weighted by Gasteiger charge is 2.63. The summed E-state index contributed by atoms with van der Waals surface area (Å²) in [4.78, 5) is 29.4. The number of hydrogen-bond donors (Lipinski definition) is 2. The summed E-state index contributed by atoms with van der Waals surface area (Å²) in [5, 5.41) is 11.6. The molecular weight excluding hydrogens is 568 g/mol. The van der Waals surface area contributed by atoms with Gasteiger partial charge in [0.2, 0.25) is 5.91 Å². The van der Waals surface area contributed by atoms with Gasteiger partial charge in [0.1, 0.15) is 5.75 Å². The molecule has 228 valence electrons. The minimum Gasteiger partial charge on any atom is -0.508 e. The third-order valence-corrected chi connectivity index (χ3v) is 11.4. The van der Waals surface area contributed by atoms with Crippen LogP contribution < -0.4 is 4.72 Å². The van der Waals surface area contributed by atoms with E-state index in [1.54, 1.807) is 18.2 Å². The van der Waals surface area contributed by atoms with E-state index < -0.39 is 21.5 Å². The molecule has 4 aliphatic rings. The molecule has 10 nitrogen and oxygen atoms in total. The second kappa shape index (κ2) is 10.3. The average molecular weight is 607 g/mol. The van der Waals surface area contributed by atoms with E-state index in [0.717, 1.165) is 57.7 Å². The van der Waals surface area contributed by atoms with Gasteiger partial charge < -0.3 is 19.3 Å². The number of aromatic nitrogens is 1. The summed E-state index contributed by atoms with van der Waals surface area (Å²) >= 11 is 0. The largest absolute Gasteiger partial charge is 0.508 e. The SMILES string of the molecule is CN(C)S(=O)(=O)NC(=O)c1ccc2c(C3CCCCC3)c3n(c2c1)CC1(C(=O)N2CCOCC2)CC1c1cc(O)ccc1-3. The number of benzene rings is 2. The van der Waals surface area contributed by atoms with Crippen molar-refractivity contribution in [2.24, 2.45) is 5.41 Å². The minimum atomic E-state index is -3.97. The number of morpholine rings is 1. The van der Waals surface area contributed by atoms with Crippen LogP contribution in [0.1, 0.15) is 71.8 Å². The lowest BCUT2D eigenvalue weighted by Crippen LogP contribution is -2.45. The number of carbonyl (C=O) groups excluding carboxylic acids is 2. The van der Waals surface area contributed by atoms with Crippen LogP contribution in [0.15, 0.2) is 36.4 Å². The molecule has 3 fully saturated rings. The highest BCUT2D eigenvalue weighted by atomic mass is 32.2.